The highest BCUT2D eigenvalue weighted by Crippen LogP contribution is 2.06. The maximum absolute atomic E-state index is 10.4. The number of aryl methyl sites for hydroxylation is 1. The molecule has 6 heteroatoms. The van der Waals surface area contributed by atoms with E-state index in [0.717, 1.165) is 5.69 Å². The Morgan fingerprint density at radius 2 is 2.28 bits per heavy atom. The monoisotopic (exact) mass is 247 g/mol. The maximum Gasteiger partial charge on any atom is 0.303 e. The van der Waals surface area contributed by atoms with Crippen molar-refractivity contribution in [1.29, 1.82) is 0 Å². The largest absolute Gasteiger partial charge is 0.481 e. The lowest BCUT2D eigenvalue weighted by Crippen LogP contribution is -1.97. The summed E-state index contributed by atoms with van der Waals surface area (Å²) >= 11 is 0. The summed E-state index contributed by atoms with van der Waals surface area (Å²) in [6, 6.07) is 5.63. The minimum atomic E-state index is -0.816. The van der Waals surface area contributed by atoms with Gasteiger partial charge in [0.05, 0.1) is 6.42 Å². The molecule has 2 aromatic rings. The van der Waals surface area contributed by atoms with Crippen molar-refractivity contribution in [2.75, 3.05) is 0 Å². The fourth-order valence-corrected chi connectivity index (χ4v) is 1.52. The average molecular weight is 247 g/mol. The number of rotatable bonds is 6. The summed E-state index contributed by atoms with van der Waals surface area (Å²) in [5.41, 5.74) is 0.871. The van der Waals surface area contributed by atoms with Gasteiger partial charge in [0.25, 0.3) is 0 Å². The molecule has 1 N–H and O–H groups in total. The van der Waals surface area contributed by atoms with E-state index in [9.17, 15) is 4.79 Å². The van der Waals surface area contributed by atoms with Gasteiger partial charge in [0, 0.05) is 24.7 Å². The van der Waals surface area contributed by atoms with E-state index in [0.29, 0.717) is 31.0 Å². The Morgan fingerprint density at radius 1 is 1.39 bits per heavy atom. The molecule has 0 aliphatic carbocycles. The van der Waals surface area contributed by atoms with Gasteiger partial charge in [-0.1, -0.05) is 11.2 Å². The van der Waals surface area contributed by atoms with Crippen LogP contribution in [0, 0.1) is 0 Å². The van der Waals surface area contributed by atoms with E-state index in [1.54, 1.807) is 6.20 Å². The molecule has 0 amide bonds. The fraction of sp³-hybridized carbons (Fsp3) is 0.333. The summed E-state index contributed by atoms with van der Waals surface area (Å²) in [7, 11) is 0. The zero-order chi connectivity index (χ0) is 12.8. The molecule has 0 radical (unpaired) electrons. The summed E-state index contributed by atoms with van der Waals surface area (Å²) in [6.07, 6.45) is 3.33. The van der Waals surface area contributed by atoms with Crippen LogP contribution in [0.5, 0.6) is 0 Å². The van der Waals surface area contributed by atoms with Crippen LogP contribution in [-0.4, -0.2) is 26.2 Å². The fourth-order valence-electron chi connectivity index (χ4n) is 1.52. The second-order valence-electron chi connectivity index (χ2n) is 3.85. The van der Waals surface area contributed by atoms with Gasteiger partial charge in [0.2, 0.25) is 5.89 Å². The number of carboxylic acids is 1. The van der Waals surface area contributed by atoms with Crippen molar-refractivity contribution in [3.8, 4) is 0 Å². The summed E-state index contributed by atoms with van der Waals surface area (Å²) < 4.78 is 5.04. The smallest absolute Gasteiger partial charge is 0.303 e. The SMILES string of the molecule is O=C(O)CCCc1nc(Cc2ccccn2)no1. The van der Waals surface area contributed by atoms with Gasteiger partial charge in [-0.25, -0.2) is 0 Å². The molecule has 0 saturated carbocycles. The Morgan fingerprint density at radius 3 is 3.00 bits per heavy atom. The van der Waals surface area contributed by atoms with E-state index in [1.807, 2.05) is 18.2 Å². The van der Waals surface area contributed by atoms with Crippen LogP contribution >= 0.6 is 0 Å². The molecule has 0 bridgehead atoms. The molecular weight excluding hydrogens is 234 g/mol. The van der Waals surface area contributed by atoms with Crippen molar-refractivity contribution in [3.63, 3.8) is 0 Å². The normalized spacial score (nSPS) is 10.4. The minimum absolute atomic E-state index is 0.109. The molecule has 0 aliphatic heterocycles. The quantitative estimate of drug-likeness (QED) is 0.831. The molecule has 0 spiro atoms. The first-order valence-electron chi connectivity index (χ1n) is 5.67. The van der Waals surface area contributed by atoms with Gasteiger partial charge in [-0.15, -0.1) is 0 Å². The predicted molar refractivity (Wildman–Crippen MR) is 61.9 cm³/mol. The average Bonchev–Trinajstić information content (AvgIpc) is 2.78. The molecule has 94 valence electrons. The molecule has 2 rings (SSSR count). The van der Waals surface area contributed by atoms with Crippen molar-refractivity contribution >= 4 is 5.97 Å². The van der Waals surface area contributed by atoms with Crippen LogP contribution in [0.25, 0.3) is 0 Å². The van der Waals surface area contributed by atoms with E-state index < -0.39 is 5.97 Å². The third-order valence-electron chi connectivity index (χ3n) is 2.36. The molecule has 18 heavy (non-hydrogen) atoms. The van der Waals surface area contributed by atoms with Crippen LogP contribution in [0.15, 0.2) is 28.9 Å². The lowest BCUT2D eigenvalue weighted by Gasteiger charge is -1.93. The number of hydrogen-bond donors (Lipinski definition) is 1. The Balaban J connectivity index is 1.88. The van der Waals surface area contributed by atoms with Gasteiger partial charge in [0.15, 0.2) is 5.82 Å². The molecule has 0 saturated heterocycles. The van der Waals surface area contributed by atoms with E-state index in [1.165, 1.54) is 0 Å². The van der Waals surface area contributed by atoms with Crippen molar-refractivity contribution in [2.45, 2.75) is 25.7 Å². The molecule has 6 nitrogen and oxygen atoms in total. The van der Waals surface area contributed by atoms with Crippen LogP contribution in [0.4, 0.5) is 0 Å². The van der Waals surface area contributed by atoms with Crippen LogP contribution < -0.4 is 0 Å². The van der Waals surface area contributed by atoms with E-state index in [4.69, 9.17) is 9.63 Å². The van der Waals surface area contributed by atoms with E-state index in [2.05, 4.69) is 15.1 Å². The lowest BCUT2D eigenvalue weighted by molar-refractivity contribution is -0.137. The Labute approximate surface area is 104 Å². The molecule has 0 unspecified atom stereocenters. The number of carbonyl (C=O) groups is 1. The Hall–Kier alpha value is -2.24. The third kappa shape index (κ3) is 3.65. The topological polar surface area (TPSA) is 89.1 Å². The van der Waals surface area contributed by atoms with E-state index >= 15 is 0 Å². The van der Waals surface area contributed by atoms with Gasteiger partial charge in [-0.2, -0.15) is 4.98 Å². The summed E-state index contributed by atoms with van der Waals surface area (Å²) in [4.78, 5) is 18.7. The zero-order valence-electron chi connectivity index (χ0n) is 9.74. The second-order valence-corrected chi connectivity index (χ2v) is 3.85. The number of nitrogens with zero attached hydrogens (tertiary/aromatic N) is 3. The van der Waals surface area contributed by atoms with Crippen LogP contribution in [-0.2, 0) is 17.6 Å². The molecule has 0 atom stereocenters. The highest BCUT2D eigenvalue weighted by molar-refractivity contribution is 5.66. The highest BCUT2D eigenvalue weighted by Gasteiger charge is 2.08. The van der Waals surface area contributed by atoms with Crippen LogP contribution in [0.2, 0.25) is 0 Å². The standard InChI is InChI=1S/C12H13N3O3/c16-12(17)6-3-5-11-14-10(15-18-11)8-9-4-1-2-7-13-9/h1-2,4,7H,3,5-6,8H2,(H,16,17). The molecule has 2 heterocycles. The molecule has 0 aliphatic rings. The van der Waals surface area contributed by atoms with Crippen molar-refractivity contribution in [2.24, 2.45) is 0 Å². The molecule has 2 aromatic heterocycles. The van der Waals surface area contributed by atoms with Crippen molar-refractivity contribution in [1.82, 2.24) is 15.1 Å². The van der Waals surface area contributed by atoms with Gasteiger partial charge >= 0.3 is 5.97 Å². The lowest BCUT2D eigenvalue weighted by atomic mass is 10.2. The second kappa shape index (κ2) is 5.90. The minimum Gasteiger partial charge on any atom is -0.481 e. The first kappa shape index (κ1) is 12.2. The highest BCUT2D eigenvalue weighted by atomic mass is 16.5. The number of hydrogen-bond acceptors (Lipinski definition) is 5. The van der Waals surface area contributed by atoms with Crippen LogP contribution in [0.1, 0.15) is 30.3 Å². The number of aliphatic carboxylic acids is 1. The molecule has 0 fully saturated rings. The first-order chi connectivity index (χ1) is 8.74. The van der Waals surface area contributed by atoms with Crippen LogP contribution in [0.3, 0.4) is 0 Å². The predicted octanol–water partition coefficient (Wildman–Crippen LogP) is 1.46. The van der Waals surface area contributed by atoms with Crippen molar-refractivity contribution in [3.05, 3.63) is 41.8 Å². The summed E-state index contributed by atoms with van der Waals surface area (Å²) in [5.74, 6) is 0.226. The maximum atomic E-state index is 10.4. The Bertz CT molecular complexity index is 510. The van der Waals surface area contributed by atoms with Gasteiger partial charge in [-0.3, -0.25) is 9.78 Å². The zero-order valence-corrected chi connectivity index (χ0v) is 9.74. The molecular formula is C12H13N3O3. The summed E-state index contributed by atoms with van der Waals surface area (Å²) in [6.45, 7) is 0. The number of carboxylic acid groups (broad SMARTS) is 1. The number of pyridine rings is 1. The van der Waals surface area contributed by atoms with Crippen molar-refractivity contribution < 1.29 is 14.4 Å². The van der Waals surface area contributed by atoms with E-state index in [-0.39, 0.29) is 6.42 Å². The Kier molecular flexibility index (Phi) is 4.01. The number of aromatic nitrogens is 3. The van der Waals surface area contributed by atoms with Gasteiger partial charge in [0.1, 0.15) is 0 Å². The molecule has 0 aromatic carbocycles. The third-order valence-corrected chi connectivity index (χ3v) is 2.36. The van der Waals surface area contributed by atoms with Gasteiger partial charge in [-0.05, 0) is 18.6 Å². The van der Waals surface area contributed by atoms with Gasteiger partial charge < -0.3 is 9.63 Å². The first-order valence-corrected chi connectivity index (χ1v) is 5.67. The summed E-state index contributed by atoms with van der Waals surface area (Å²) in [5, 5.41) is 12.4.